The summed E-state index contributed by atoms with van der Waals surface area (Å²) < 4.78 is 51.0. The quantitative estimate of drug-likeness (QED) is 0.484. The van der Waals surface area contributed by atoms with Gasteiger partial charge in [-0.2, -0.15) is 13.2 Å². The van der Waals surface area contributed by atoms with Gasteiger partial charge in [-0.3, -0.25) is 9.69 Å². The number of alkyl halides is 3. The van der Waals surface area contributed by atoms with Gasteiger partial charge in [-0.25, -0.2) is 0 Å². The Bertz CT molecular complexity index is 1210. The van der Waals surface area contributed by atoms with E-state index in [1.807, 2.05) is 37.6 Å². The van der Waals surface area contributed by atoms with Crippen LogP contribution in [0.5, 0.6) is 5.75 Å². The van der Waals surface area contributed by atoms with Gasteiger partial charge in [0.15, 0.2) is 12.2 Å². The molecule has 0 radical (unpaired) electrons. The molecule has 0 N–H and O–H groups in total. The Balaban J connectivity index is 1.18. The molecule has 1 spiro atoms. The van der Waals surface area contributed by atoms with E-state index >= 15 is 0 Å². The van der Waals surface area contributed by atoms with Crippen LogP contribution in [-0.2, 0) is 27.5 Å². The normalized spacial score (nSPS) is 20.8. The highest BCUT2D eigenvalue weighted by atomic mass is 19.4. The van der Waals surface area contributed by atoms with Crippen molar-refractivity contribution in [1.29, 1.82) is 0 Å². The van der Waals surface area contributed by atoms with Gasteiger partial charge in [-0.05, 0) is 57.4 Å². The molecule has 3 aliphatic rings. The Hall–Kier alpha value is -2.95. The third kappa shape index (κ3) is 5.30. The number of carbonyl (C=O) groups is 1. The van der Waals surface area contributed by atoms with Gasteiger partial charge in [0.25, 0.3) is 0 Å². The minimum absolute atomic E-state index is 0.133. The number of hydrogen-bond donors (Lipinski definition) is 0. The molecule has 0 aliphatic carbocycles. The first-order chi connectivity index (χ1) is 18.0. The number of nitrogens with zero attached hydrogens (tertiary/aromatic N) is 4. The maximum Gasteiger partial charge on any atom is 0.422 e. The van der Waals surface area contributed by atoms with E-state index in [0.717, 1.165) is 30.0 Å². The zero-order valence-corrected chi connectivity index (χ0v) is 22.1. The predicted octanol–water partition coefficient (Wildman–Crippen LogP) is 4.56. The topological polar surface area (TPSA) is 68.5 Å². The van der Waals surface area contributed by atoms with Gasteiger partial charge in [0.1, 0.15) is 11.6 Å². The van der Waals surface area contributed by atoms with Gasteiger partial charge < -0.3 is 23.8 Å². The number of rotatable bonds is 7. The Morgan fingerprint density at radius 3 is 2.58 bits per heavy atom. The third-order valence-corrected chi connectivity index (χ3v) is 7.90. The number of aryl methyl sites for hydroxylation is 1. The summed E-state index contributed by atoms with van der Waals surface area (Å²) in [5.74, 6) is 1.03. The monoisotopic (exact) mass is 536 g/mol. The average Bonchev–Trinajstić information content (AvgIpc) is 3.47. The first-order valence-corrected chi connectivity index (χ1v) is 13.2. The summed E-state index contributed by atoms with van der Waals surface area (Å²) in [6.45, 7) is 8.97. The van der Waals surface area contributed by atoms with E-state index in [1.54, 1.807) is 12.1 Å². The van der Waals surface area contributed by atoms with Crippen LogP contribution < -0.4 is 4.74 Å². The maximum absolute atomic E-state index is 12.8. The lowest BCUT2D eigenvalue weighted by Crippen LogP contribution is -2.61. The number of ether oxygens (including phenoxy) is 2. The van der Waals surface area contributed by atoms with Crippen LogP contribution in [0.2, 0.25) is 0 Å². The van der Waals surface area contributed by atoms with Crippen molar-refractivity contribution in [3.63, 3.8) is 0 Å². The van der Waals surface area contributed by atoms with Gasteiger partial charge >= 0.3 is 12.1 Å². The number of oxime groups is 1. The minimum atomic E-state index is -4.40. The fourth-order valence-electron chi connectivity index (χ4n) is 5.71. The van der Waals surface area contributed by atoms with Gasteiger partial charge in [0.05, 0.1) is 24.0 Å². The summed E-state index contributed by atoms with van der Waals surface area (Å²) in [6, 6.07) is 5.54. The van der Waals surface area contributed by atoms with Crippen molar-refractivity contribution in [2.24, 2.45) is 10.6 Å². The first-order valence-electron chi connectivity index (χ1n) is 13.2. The molecule has 2 fully saturated rings. The van der Waals surface area contributed by atoms with Gasteiger partial charge in [0, 0.05) is 50.9 Å². The molecule has 0 unspecified atom stereocenters. The zero-order valence-electron chi connectivity index (χ0n) is 22.1. The van der Waals surface area contributed by atoms with E-state index in [1.165, 1.54) is 0 Å². The van der Waals surface area contributed by atoms with Crippen LogP contribution in [0.1, 0.15) is 45.6 Å². The lowest BCUT2D eigenvalue weighted by molar-refractivity contribution is -0.156. The molecule has 2 saturated heterocycles. The predicted molar refractivity (Wildman–Crippen MR) is 136 cm³/mol. The molecule has 8 nitrogen and oxygen atoms in total. The van der Waals surface area contributed by atoms with Crippen LogP contribution in [0, 0.1) is 5.41 Å². The van der Waals surface area contributed by atoms with Crippen LogP contribution in [0.15, 0.2) is 29.6 Å². The number of piperidine rings is 1. The molecule has 5 rings (SSSR count). The molecule has 1 aromatic heterocycles. The van der Waals surface area contributed by atoms with Crippen molar-refractivity contribution in [2.45, 2.75) is 64.9 Å². The summed E-state index contributed by atoms with van der Waals surface area (Å²) in [4.78, 5) is 22.6. The number of fused-ring (bicyclic) bond motifs is 1. The molecule has 4 heterocycles. The van der Waals surface area contributed by atoms with Gasteiger partial charge in [0.2, 0.25) is 0 Å². The summed E-state index contributed by atoms with van der Waals surface area (Å²) in [6.07, 6.45) is -0.399. The second-order valence-electron chi connectivity index (χ2n) is 10.9. The molecule has 38 heavy (non-hydrogen) atoms. The highest BCUT2D eigenvalue weighted by molar-refractivity contribution is 5.87. The van der Waals surface area contributed by atoms with Crippen molar-refractivity contribution in [3.8, 4) is 5.75 Å². The molecular weight excluding hydrogens is 501 g/mol. The van der Waals surface area contributed by atoms with E-state index in [2.05, 4.69) is 15.0 Å². The number of hydrogen-bond acceptors (Lipinski definition) is 7. The summed E-state index contributed by atoms with van der Waals surface area (Å²) in [5.41, 5.74) is 0.922. The SMILES string of the molecule is CCOC(=O)C1(C)CCN(C2=NOC3(C2)CN(Cc2cc(OCC(F)(F)F)c4ccn(CC)c4c2)C3)CC1. The van der Waals surface area contributed by atoms with E-state index in [-0.39, 0.29) is 17.3 Å². The van der Waals surface area contributed by atoms with Crippen molar-refractivity contribution >= 4 is 22.7 Å². The zero-order chi connectivity index (χ0) is 27.1. The molecule has 0 saturated carbocycles. The number of halogens is 3. The number of likely N-dealkylation sites (tertiary alicyclic amines) is 2. The standard InChI is InChI=1S/C27H35F3N4O4/c1-4-33-9-6-20-21(33)12-19(13-22(20)37-18-27(28,29)30)15-32-16-26(17-32)14-23(31-38-26)34-10-7-25(3,8-11-34)24(35)36-5-2/h6,9,12-13H,4-5,7-8,10-11,14-18H2,1-3H3. The molecule has 208 valence electrons. The lowest BCUT2D eigenvalue weighted by Gasteiger charge is -2.45. The molecule has 3 aliphatic heterocycles. The van der Waals surface area contributed by atoms with E-state index in [4.69, 9.17) is 14.3 Å². The Morgan fingerprint density at radius 2 is 1.92 bits per heavy atom. The van der Waals surface area contributed by atoms with Crippen LogP contribution in [-0.4, -0.2) is 77.3 Å². The number of amidine groups is 1. The largest absolute Gasteiger partial charge is 0.483 e. The second-order valence-corrected chi connectivity index (χ2v) is 10.9. The van der Waals surface area contributed by atoms with Crippen LogP contribution in [0.3, 0.4) is 0 Å². The number of esters is 1. The number of aromatic nitrogens is 1. The van der Waals surface area contributed by atoms with E-state index in [0.29, 0.717) is 57.4 Å². The number of benzene rings is 1. The first kappa shape index (κ1) is 26.6. The van der Waals surface area contributed by atoms with Crippen molar-refractivity contribution in [2.75, 3.05) is 39.4 Å². The molecule has 0 bridgehead atoms. The molecule has 1 aromatic carbocycles. The van der Waals surface area contributed by atoms with E-state index < -0.39 is 18.2 Å². The van der Waals surface area contributed by atoms with E-state index in [9.17, 15) is 18.0 Å². The van der Waals surface area contributed by atoms with Crippen molar-refractivity contribution in [1.82, 2.24) is 14.4 Å². The second kappa shape index (κ2) is 9.98. The molecular formula is C27H35F3N4O4. The highest BCUT2D eigenvalue weighted by Crippen LogP contribution is 2.39. The third-order valence-electron chi connectivity index (χ3n) is 7.90. The van der Waals surface area contributed by atoms with Crippen LogP contribution in [0.4, 0.5) is 13.2 Å². The highest BCUT2D eigenvalue weighted by Gasteiger charge is 2.51. The lowest BCUT2D eigenvalue weighted by atomic mass is 9.80. The fourth-order valence-corrected chi connectivity index (χ4v) is 5.71. The molecule has 0 atom stereocenters. The summed E-state index contributed by atoms with van der Waals surface area (Å²) in [5, 5.41) is 5.07. The van der Waals surface area contributed by atoms with Crippen LogP contribution >= 0.6 is 0 Å². The van der Waals surface area contributed by atoms with Crippen molar-refractivity contribution < 1.29 is 32.3 Å². The van der Waals surface area contributed by atoms with Gasteiger partial charge in [-0.15, -0.1) is 0 Å². The smallest absolute Gasteiger partial charge is 0.422 e. The Labute approximate surface area is 220 Å². The average molecular weight is 537 g/mol. The maximum atomic E-state index is 12.8. The number of carbonyl (C=O) groups excluding carboxylic acids is 1. The Kier molecular flexibility index (Phi) is 7.00. The molecule has 11 heteroatoms. The minimum Gasteiger partial charge on any atom is -0.483 e. The summed E-state index contributed by atoms with van der Waals surface area (Å²) >= 11 is 0. The van der Waals surface area contributed by atoms with Gasteiger partial charge in [-0.1, -0.05) is 5.16 Å². The molecule has 2 aromatic rings. The molecule has 0 amide bonds. The Morgan fingerprint density at radius 1 is 1.18 bits per heavy atom. The van der Waals surface area contributed by atoms with Crippen LogP contribution in [0.25, 0.3) is 10.9 Å². The van der Waals surface area contributed by atoms with Crippen molar-refractivity contribution in [3.05, 3.63) is 30.0 Å². The summed E-state index contributed by atoms with van der Waals surface area (Å²) in [7, 11) is 0. The fraction of sp³-hybridized carbons (Fsp3) is 0.630.